The van der Waals surface area contributed by atoms with Crippen molar-refractivity contribution in [3.8, 4) is 6.07 Å². The lowest BCUT2D eigenvalue weighted by Crippen LogP contribution is -2.46. The average Bonchev–Trinajstić information content (AvgIpc) is 2.57. The third-order valence-electron chi connectivity index (χ3n) is 2.42. The van der Waals surface area contributed by atoms with Gasteiger partial charge in [0, 0.05) is 0 Å². The van der Waals surface area contributed by atoms with Gasteiger partial charge in [-0.1, -0.05) is 0 Å². The smallest absolute Gasteiger partial charge is 0.412 e. The molecule has 1 fully saturated rings. The van der Waals surface area contributed by atoms with Gasteiger partial charge in [0.15, 0.2) is 0 Å². The number of rotatable bonds is 1. The number of amides is 1. The normalized spacial score (nSPS) is 24.2. The van der Waals surface area contributed by atoms with Gasteiger partial charge in [0.2, 0.25) is 0 Å². The number of hydrogen-bond acceptors (Lipinski definition) is 4. The summed E-state index contributed by atoms with van der Waals surface area (Å²) in [4.78, 5) is 23.8. The Morgan fingerprint density at radius 2 is 2.00 bits per heavy atom. The van der Waals surface area contributed by atoms with Crippen LogP contribution < -0.4 is 0 Å². The number of carbonyl (C=O) groups is 2. The van der Waals surface area contributed by atoms with E-state index in [9.17, 15) is 9.59 Å². The van der Waals surface area contributed by atoms with Gasteiger partial charge in [0.05, 0.1) is 6.07 Å². The van der Waals surface area contributed by atoms with E-state index in [0.29, 0.717) is 6.42 Å². The summed E-state index contributed by atoms with van der Waals surface area (Å²) in [5.74, 6) is -1.10. The molecule has 1 aliphatic heterocycles. The molecule has 1 saturated heterocycles. The van der Waals surface area contributed by atoms with Crippen LogP contribution in [0.15, 0.2) is 0 Å². The SMILES string of the molecule is CC(C)(C)OC(=O)N1C(C#N)CCC1C(=O)O. The Kier molecular flexibility index (Phi) is 3.61. The fourth-order valence-electron chi connectivity index (χ4n) is 1.75. The minimum Gasteiger partial charge on any atom is -0.480 e. The molecule has 2 atom stereocenters. The number of carboxylic acid groups (broad SMARTS) is 1. The van der Waals surface area contributed by atoms with Gasteiger partial charge in [0.1, 0.15) is 17.7 Å². The number of nitrogens with zero attached hydrogens (tertiary/aromatic N) is 2. The zero-order valence-electron chi connectivity index (χ0n) is 10.1. The van der Waals surface area contributed by atoms with Crippen LogP contribution in [0.25, 0.3) is 0 Å². The molecular weight excluding hydrogens is 224 g/mol. The number of nitriles is 1. The third-order valence-corrected chi connectivity index (χ3v) is 2.42. The van der Waals surface area contributed by atoms with Crippen LogP contribution in [-0.4, -0.2) is 39.8 Å². The molecule has 0 radical (unpaired) electrons. The first-order chi connectivity index (χ1) is 7.76. The number of aliphatic carboxylic acids is 1. The Bertz CT molecular complexity index is 367. The zero-order chi connectivity index (χ0) is 13.2. The highest BCUT2D eigenvalue weighted by Crippen LogP contribution is 2.26. The van der Waals surface area contributed by atoms with Gasteiger partial charge in [-0.3, -0.25) is 4.90 Å². The standard InChI is InChI=1S/C11H16N2O4/c1-11(2,3)17-10(16)13-7(6-12)4-5-8(13)9(14)15/h7-8H,4-5H2,1-3H3,(H,14,15). The Labute approximate surface area is 99.8 Å². The Morgan fingerprint density at radius 1 is 1.41 bits per heavy atom. The summed E-state index contributed by atoms with van der Waals surface area (Å²) in [6.07, 6.45) is -0.0894. The van der Waals surface area contributed by atoms with Crippen molar-refractivity contribution in [3.05, 3.63) is 0 Å². The van der Waals surface area contributed by atoms with Crippen molar-refractivity contribution in [1.82, 2.24) is 4.90 Å². The van der Waals surface area contributed by atoms with Crippen LogP contribution in [0.4, 0.5) is 4.79 Å². The largest absolute Gasteiger partial charge is 0.480 e. The van der Waals surface area contributed by atoms with E-state index >= 15 is 0 Å². The molecule has 2 unspecified atom stereocenters. The molecule has 17 heavy (non-hydrogen) atoms. The maximum atomic E-state index is 11.8. The second-order valence-corrected chi connectivity index (χ2v) is 4.96. The van der Waals surface area contributed by atoms with E-state index in [4.69, 9.17) is 15.1 Å². The van der Waals surface area contributed by atoms with Crippen LogP contribution in [0.3, 0.4) is 0 Å². The lowest BCUT2D eigenvalue weighted by molar-refractivity contribution is -0.142. The summed E-state index contributed by atoms with van der Waals surface area (Å²) in [7, 11) is 0. The first kappa shape index (κ1) is 13.3. The molecule has 6 nitrogen and oxygen atoms in total. The minimum absolute atomic E-state index is 0.285. The van der Waals surface area contributed by atoms with Crippen molar-refractivity contribution >= 4 is 12.1 Å². The van der Waals surface area contributed by atoms with Crippen molar-refractivity contribution < 1.29 is 19.4 Å². The van der Waals surface area contributed by atoms with Gasteiger partial charge in [-0.2, -0.15) is 5.26 Å². The van der Waals surface area contributed by atoms with Gasteiger partial charge >= 0.3 is 12.1 Å². The molecule has 1 heterocycles. The monoisotopic (exact) mass is 240 g/mol. The number of likely N-dealkylation sites (tertiary alicyclic amines) is 1. The molecule has 1 aliphatic rings. The molecular formula is C11H16N2O4. The Morgan fingerprint density at radius 3 is 2.41 bits per heavy atom. The maximum Gasteiger partial charge on any atom is 0.412 e. The lowest BCUT2D eigenvalue weighted by Gasteiger charge is -2.28. The summed E-state index contributed by atoms with van der Waals surface area (Å²) in [6.45, 7) is 5.08. The zero-order valence-corrected chi connectivity index (χ0v) is 10.1. The van der Waals surface area contributed by atoms with E-state index in [2.05, 4.69) is 0 Å². The molecule has 94 valence electrons. The molecule has 0 aliphatic carbocycles. The van der Waals surface area contributed by atoms with Gasteiger partial charge in [-0.05, 0) is 33.6 Å². The van der Waals surface area contributed by atoms with Crippen molar-refractivity contribution in [1.29, 1.82) is 5.26 Å². The predicted octanol–water partition coefficient (Wildman–Crippen LogP) is 1.36. The number of ether oxygens (including phenoxy) is 1. The molecule has 0 aromatic rings. The van der Waals surface area contributed by atoms with Gasteiger partial charge in [-0.25, -0.2) is 9.59 Å². The van der Waals surface area contributed by atoms with Crippen molar-refractivity contribution in [2.45, 2.75) is 51.3 Å². The van der Waals surface area contributed by atoms with Gasteiger partial charge < -0.3 is 9.84 Å². The second kappa shape index (κ2) is 4.62. The first-order valence-corrected chi connectivity index (χ1v) is 5.40. The van der Waals surface area contributed by atoms with E-state index in [1.807, 2.05) is 6.07 Å². The predicted molar refractivity (Wildman–Crippen MR) is 58.1 cm³/mol. The summed E-state index contributed by atoms with van der Waals surface area (Å²) in [6, 6.07) is 0.247. The van der Waals surface area contributed by atoms with Crippen LogP contribution in [0, 0.1) is 11.3 Å². The van der Waals surface area contributed by atoms with E-state index in [1.54, 1.807) is 20.8 Å². The van der Waals surface area contributed by atoms with Gasteiger partial charge in [0.25, 0.3) is 0 Å². The fraction of sp³-hybridized carbons (Fsp3) is 0.727. The lowest BCUT2D eigenvalue weighted by atomic mass is 10.2. The molecule has 0 spiro atoms. The van der Waals surface area contributed by atoms with Crippen molar-refractivity contribution in [2.24, 2.45) is 0 Å². The van der Waals surface area contributed by atoms with Crippen LogP contribution in [0.2, 0.25) is 0 Å². The summed E-state index contributed by atoms with van der Waals surface area (Å²) < 4.78 is 5.11. The Balaban J connectivity index is 2.86. The summed E-state index contributed by atoms with van der Waals surface area (Å²) in [5, 5.41) is 17.9. The van der Waals surface area contributed by atoms with Crippen LogP contribution >= 0.6 is 0 Å². The summed E-state index contributed by atoms with van der Waals surface area (Å²) in [5.41, 5.74) is -0.706. The van der Waals surface area contributed by atoms with E-state index in [-0.39, 0.29) is 6.42 Å². The van der Waals surface area contributed by atoms with Crippen LogP contribution in [-0.2, 0) is 9.53 Å². The maximum absolute atomic E-state index is 11.8. The minimum atomic E-state index is -1.10. The van der Waals surface area contributed by atoms with Gasteiger partial charge in [-0.15, -0.1) is 0 Å². The number of carboxylic acids is 1. The molecule has 1 rings (SSSR count). The quantitative estimate of drug-likeness (QED) is 0.747. The van der Waals surface area contributed by atoms with E-state index < -0.39 is 29.7 Å². The molecule has 0 aromatic heterocycles. The topological polar surface area (TPSA) is 90.6 Å². The third kappa shape index (κ3) is 3.09. The van der Waals surface area contributed by atoms with Crippen molar-refractivity contribution in [2.75, 3.05) is 0 Å². The first-order valence-electron chi connectivity index (χ1n) is 5.40. The molecule has 0 aromatic carbocycles. The van der Waals surface area contributed by atoms with Crippen LogP contribution in [0.1, 0.15) is 33.6 Å². The Hall–Kier alpha value is -1.77. The van der Waals surface area contributed by atoms with E-state index in [1.165, 1.54) is 0 Å². The highest BCUT2D eigenvalue weighted by atomic mass is 16.6. The van der Waals surface area contributed by atoms with E-state index in [0.717, 1.165) is 4.90 Å². The molecule has 1 N–H and O–H groups in total. The van der Waals surface area contributed by atoms with Crippen LogP contribution in [0.5, 0.6) is 0 Å². The molecule has 0 saturated carbocycles. The number of carbonyl (C=O) groups excluding carboxylic acids is 1. The number of hydrogen-bond donors (Lipinski definition) is 1. The molecule has 6 heteroatoms. The average molecular weight is 240 g/mol. The molecule has 0 bridgehead atoms. The highest BCUT2D eigenvalue weighted by Gasteiger charge is 2.43. The second-order valence-electron chi connectivity index (χ2n) is 4.96. The fourth-order valence-corrected chi connectivity index (χ4v) is 1.75. The summed E-state index contributed by atoms with van der Waals surface area (Å²) >= 11 is 0. The highest BCUT2D eigenvalue weighted by molar-refractivity contribution is 5.81. The van der Waals surface area contributed by atoms with Crippen molar-refractivity contribution in [3.63, 3.8) is 0 Å². The molecule has 1 amide bonds.